The van der Waals surface area contributed by atoms with Crippen LogP contribution in [0.1, 0.15) is 10.4 Å². The van der Waals surface area contributed by atoms with Gasteiger partial charge in [-0.2, -0.15) is 11.3 Å². The molecule has 0 bridgehead atoms. The van der Waals surface area contributed by atoms with Crippen LogP contribution in [0.2, 0.25) is 5.15 Å². The molecule has 0 saturated heterocycles. The fraction of sp³-hybridized carbons (Fsp3) is 0. The van der Waals surface area contributed by atoms with Gasteiger partial charge in [0, 0.05) is 10.9 Å². The molecule has 0 saturated carbocycles. The standard InChI is InChI=1S/C9H5ClN2OS/c10-9-7(3-13)8(11-5-12-9)6-1-2-14-4-6/h1-5H. The smallest absolute Gasteiger partial charge is 0.155 e. The van der Waals surface area contributed by atoms with E-state index in [0.717, 1.165) is 5.56 Å². The van der Waals surface area contributed by atoms with Gasteiger partial charge in [-0.15, -0.1) is 0 Å². The number of rotatable bonds is 2. The molecule has 0 amide bonds. The Morgan fingerprint density at radius 3 is 2.93 bits per heavy atom. The van der Waals surface area contributed by atoms with Crippen molar-refractivity contribution in [2.75, 3.05) is 0 Å². The molecule has 0 radical (unpaired) electrons. The quantitative estimate of drug-likeness (QED) is 0.582. The van der Waals surface area contributed by atoms with E-state index in [1.807, 2.05) is 16.8 Å². The summed E-state index contributed by atoms with van der Waals surface area (Å²) in [6.45, 7) is 0. The Labute approximate surface area is 89.4 Å². The molecule has 0 unspecified atom stereocenters. The topological polar surface area (TPSA) is 42.9 Å². The van der Waals surface area contributed by atoms with E-state index in [0.29, 0.717) is 17.5 Å². The van der Waals surface area contributed by atoms with Gasteiger partial charge >= 0.3 is 0 Å². The molecule has 0 atom stereocenters. The Kier molecular flexibility index (Phi) is 2.56. The zero-order valence-electron chi connectivity index (χ0n) is 6.98. The Bertz CT molecular complexity index is 456. The highest BCUT2D eigenvalue weighted by Crippen LogP contribution is 2.25. The van der Waals surface area contributed by atoms with Crippen molar-refractivity contribution in [2.24, 2.45) is 0 Å². The second kappa shape index (κ2) is 3.86. The molecule has 0 aliphatic rings. The maximum absolute atomic E-state index is 10.8. The molecule has 3 nitrogen and oxygen atoms in total. The summed E-state index contributed by atoms with van der Waals surface area (Å²) < 4.78 is 0. The number of aldehydes is 1. The highest BCUT2D eigenvalue weighted by molar-refractivity contribution is 7.08. The lowest BCUT2D eigenvalue weighted by Crippen LogP contribution is -1.94. The van der Waals surface area contributed by atoms with E-state index in [4.69, 9.17) is 11.6 Å². The fourth-order valence-corrected chi connectivity index (χ4v) is 1.93. The van der Waals surface area contributed by atoms with Crippen molar-refractivity contribution >= 4 is 29.2 Å². The van der Waals surface area contributed by atoms with Crippen molar-refractivity contribution < 1.29 is 4.79 Å². The van der Waals surface area contributed by atoms with E-state index in [2.05, 4.69) is 9.97 Å². The van der Waals surface area contributed by atoms with Crippen LogP contribution in [0.25, 0.3) is 11.3 Å². The van der Waals surface area contributed by atoms with Crippen LogP contribution >= 0.6 is 22.9 Å². The third-order valence-electron chi connectivity index (χ3n) is 1.75. The molecule has 0 aliphatic heterocycles. The molecular formula is C9H5ClN2OS. The molecule has 2 aromatic rings. The van der Waals surface area contributed by atoms with E-state index in [-0.39, 0.29) is 5.15 Å². The zero-order valence-corrected chi connectivity index (χ0v) is 8.55. The monoisotopic (exact) mass is 224 g/mol. The lowest BCUT2D eigenvalue weighted by Gasteiger charge is -2.01. The number of halogens is 1. The molecule has 2 aromatic heterocycles. The van der Waals surface area contributed by atoms with Gasteiger partial charge in [0.25, 0.3) is 0 Å². The van der Waals surface area contributed by atoms with E-state index >= 15 is 0 Å². The number of aromatic nitrogens is 2. The van der Waals surface area contributed by atoms with E-state index in [1.54, 1.807) is 11.3 Å². The van der Waals surface area contributed by atoms with Gasteiger partial charge in [-0.25, -0.2) is 9.97 Å². The van der Waals surface area contributed by atoms with Crippen LogP contribution in [0.4, 0.5) is 0 Å². The SMILES string of the molecule is O=Cc1c(Cl)ncnc1-c1ccsc1. The van der Waals surface area contributed by atoms with Crippen LogP contribution in [0.5, 0.6) is 0 Å². The van der Waals surface area contributed by atoms with Crippen LogP contribution in [-0.4, -0.2) is 16.3 Å². The second-order valence-electron chi connectivity index (χ2n) is 2.56. The van der Waals surface area contributed by atoms with Gasteiger partial charge in [-0.3, -0.25) is 4.79 Å². The summed E-state index contributed by atoms with van der Waals surface area (Å²) in [5, 5.41) is 4.02. The minimum Gasteiger partial charge on any atom is -0.298 e. The maximum Gasteiger partial charge on any atom is 0.155 e. The molecular weight excluding hydrogens is 220 g/mol. The predicted octanol–water partition coefficient (Wildman–Crippen LogP) is 2.67. The molecule has 2 heterocycles. The van der Waals surface area contributed by atoms with Gasteiger partial charge in [0.1, 0.15) is 11.5 Å². The Morgan fingerprint density at radius 1 is 1.43 bits per heavy atom. The third kappa shape index (κ3) is 1.54. The molecule has 5 heteroatoms. The minimum absolute atomic E-state index is 0.191. The minimum atomic E-state index is 0.191. The average molecular weight is 225 g/mol. The molecule has 0 aliphatic carbocycles. The number of hydrogen-bond acceptors (Lipinski definition) is 4. The van der Waals surface area contributed by atoms with Gasteiger partial charge in [0.15, 0.2) is 6.29 Å². The molecule has 0 aromatic carbocycles. The highest BCUT2D eigenvalue weighted by Gasteiger charge is 2.10. The van der Waals surface area contributed by atoms with Crippen molar-refractivity contribution in [1.82, 2.24) is 9.97 Å². The summed E-state index contributed by atoms with van der Waals surface area (Å²) in [5.41, 5.74) is 1.82. The van der Waals surface area contributed by atoms with Gasteiger partial charge in [-0.05, 0) is 11.4 Å². The van der Waals surface area contributed by atoms with Gasteiger partial charge in [0.05, 0.1) is 11.3 Å². The van der Waals surface area contributed by atoms with Crippen LogP contribution in [0.3, 0.4) is 0 Å². The summed E-state index contributed by atoms with van der Waals surface area (Å²) in [6, 6.07) is 1.89. The Hall–Kier alpha value is -1.26. The van der Waals surface area contributed by atoms with Crippen LogP contribution in [-0.2, 0) is 0 Å². The summed E-state index contributed by atoms with van der Waals surface area (Å²) in [5.74, 6) is 0. The average Bonchev–Trinajstić information content (AvgIpc) is 2.70. The number of thiophene rings is 1. The van der Waals surface area contributed by atoms with Crippen LogP contribution in [0.15, 0.2) is 23.2 Å². The first-order valence-electron chi connectivity index (χ1n) is 3.81. The summed E-state index contributed by atoms with van der Waals surface area (Å²) in [7, 11) is 0. The van der Waals surface area contributed by atoms with E-state index in [1.165, 1.54) is 6.33 Å². The van der Waals surface area contributed by atoms with Crippen LogP contribution < -0.4 is 0 Å². The molecule has 0 fully saturated rings. The predicted molar refractivity (Wildman–Crippen MR) is 55.7 cm³/mol. The lowest BCUT2D eigenvalue weighted by molar-refractivity contribution is 0.112. The Morgan fingerprint density at radius 2 is 2.29 bits per heavy atom. The van der Waals surface area contributed by atoms with Crippen molar-refractivity contribution in [3.63, 3.8) is 0 Å². The lowest BCUT2D eigenvalue weighted by atomic mass is 10.1. The first-order chi connectivity index (χ1) is 6.83. The van der Waals surface area contributed by atoms with E-state index in [9.17, 15) is 4.79 Å². The molecule has 2 rings (SSSR count). The van der Waals surface area contributed by atoms with Gasteiger partial charge < -0.3 is 0 Å². The van der Waals surface area contributed by atoms with Gasteiger partial charge in [0.2, 0.25) is 0 Å². The van der Waals surface area contributed by atoms with Crippen molar-refractivity contribution in [2.45, 2.75) is 0 Å². The summed E-state index contributed by atoms with van der Waals surface area (Å²) in [4.78, 5) is 18.6. The summed E-state index contributed by atoms with van der Waals surface area (Å²) in [6.07, 6.45) is 2.03. The zero-order chi connectivity index (χ0) is 9.97. The Balaban J connectivity index is 2.64. The normalized spacial score (nSPS) is 10.1. The van der Waals surface area contributed by atoms with Crippen molar-refractivity contribution in [3.05, 3.63) is 33.9 Å². The summed E-state index contributed by atoms with van der Waals surface area (Å²) >= 11 is 7.31. The number of nitrogens with zero attached hydrogens (tertiary/aromatic N) is 2. The maximum atomic E-state index is 10.8. The first kappa shape index (κ1) is 9.30. The largest absolute Gasteiger partial charge is 0.298 e. The molecule has 0 N–H and O–H groups in total. The first-order valence-corrected chi connectivity index (χ1v) is 5.13. The number of carbonyl (C=O) groups is 1. The number of hydrogen-bond donors (Lipinski definition) is 0. The second-order valence-corrected chi connectivity index (χ2v) is 3.69. The van der Waals surface area contributed by atoms with Crippen molar-refractivity contribution in [3.8, 4) is 11.3 Å². The van der Waals surface area contributed by atoms with E-state index < -0.39 is 0 Å². The third-order valence-corrected chi connectivity index (χ3v) is 2.73. The van der Waals surface area contributed by atoms with Crippen molar-refractivity contribution in [1.29, 1.82) is 0 Å². The number of carbonyl (C=O) groups excluding carboxylic acids is 1. The molecule has 0 spiro atoms. The molecule has 70 valence electrons. The molecule has 14 heavy (non-hydrogen) atoms. The van der Waals surface area contributed by atoms with Gasteiger partial charge in [-0.1, -0.05) is 11.6 Å². The fourth-order valence-electron chi connectivity index (χ4n) is 1.11. The highest BCUT2D eigenvalue weighted by atomic mass is 35.5. The van der Waals surface area contributed by atoms with Crippen LogP contribution in [0, 0.1) is 0 Å².